The minimum absolute atomic E-state index is 0.0144. The zero-order valence-corrected chi connectivity index (χ0v) is 24.5. The molecule has 40 heavy (non-hydrogen) atoms. The van der Waals surface area contributed by atoms with Gasteiger partial charge in [-0.15, -0.1) is 0 Å². The number of benzene rings is 1. The molecule has 0 aliphatic carbocycles. The van der Waals surface area contributed by atoms with Gasteiger partial charge >= 0.3 is 0 Å². The fourth-order valence-corrected chi connectivity index (χ4v) is 5.56. The molecule has 0 radical (unpaired) electrons. The van der Waals surface area contributed by atoms with Crippen molar-refractivity contribution in [3.05, 3.63) is 76.8 Å². The molecule has 1 aromatic carbocycles. The predicted molar refractivity (Wildman–Crippen MR) is 157 cm³/mol. The number of nitrogens with zero attached hydrogens (tertiary/aromatic N) is 3. The van der Waals surface area contributed by atoms with Gasteiger partial charge in [-0.3, -0.25) is 19.4 Å². The molecule has 1 atom stereocenters. The lowest BCUT2D eigenvalue weighted by Gasteiger charge is -2.36. The molecule has 2 aliphatic heterocycles. The Morgan fingerprint density at radius 2 is 1.70 bits per heavy atom. The van der Waals surface area contributed by atoms with Gasteiger partial charge in [-0.05, 0) is 54.9 Å². The van der Waals surface area contributed by atoms with Crippen LogP contribution in [-0.2, 0) is 32.8 Å². The normalized spacial score (nSPS) is 18.5. The van der Waals surface area contributed by atoms with E-state index in [0.717, 1.165) is 50.0 Å². The van der Waals surface area contributed by atoms with Gasteiger partial charge in [-0.1, -0.05) is 63.9 Å². The summed E-state index contributed by atoms with van der Waals surface area (Å²) in [6.45, 7) is 10.7. The average Bonchev–Trinajstić information content (AvgIpc) is 3.22. The number of carbonyl (C=O) groups is 3. The quantitative estimate of drug-likeness (QED) is 0.498. The SMILES string of the molecule is CC1=C(C(=O)N2CCCCCC2)CC(CC(=O)NCCc2ccccn2)C(=O)N1Cc1ccc(C(C)(C)C)cc1. The summed E-state index contributed by atoms with van der Waals surface area (Å²) in [6, 6.07) is 14.1. The highest BCUT2D eigenvalue weighted by Gasteiger charge is 2.37. The first-order valence-corrected chi connectivity index (χ1v) is 14.7. The van der Waals surface area contributed by atoms with Crippen molar-refractivity contribution in [1.29, 1.82) is 0 Å². The lowest BCUT2D eigenvalue weighted by Crippen LogP contribution is -2.44. The number of aromatic nitrogens is 1. The molecule has 0 saturated carbocycles. The van der Waals surface area contributed by atoms with Gasteiger partial charge in [0.15, 0.2) is 0 Å². The summed E-state index contributed by atoms with van der Waals surface area (Å²) in [4.78, 5) is 48.4. The summed E-state index contributed by atoms with van der Waals surface area (Å²) in [5.74, 6) is -0.826. The molecule has 1 fully saturated rings. The van der Waals surface area contributed by atoms with E-state index in [0.29, 0.717) is 37.2 Å². The fraction of sp³-hybridized carbons (Fsp3) is 0.515. The van der Waals surface area contributed by atoms with Crippen LogP contribution in [0.4, 0.5) is 0 Å². The average molecular weight is 545 g/mol. The second-order valence-corrected chi connectivity index (χ2v) is 12.2. The Hall–Kier alpha value is -3.48. The van der Waals surface area contributed by atoms with Crippen molar-refractivity contribution in [3.8, 4) is 0 Å². The van der Waals surface area contributed by atoms with E-state index in [1.807, 2.05) is 30.0 Å². The summed E-state index contributed by atoms with van der Waals surface area (Å²) in [5.41, 5.74) is 4.56. The molecule has 4 rings (SSSR count). The van der Waals surface area contributed by atoms with E-state index >= 15 is 0 Å². The molecule has 0 spiro atoms. The smallest absolute Gasteiger partial charge is 0.251 e. The zero-order valence-electron chi connectivity index (χ0n) is 24.5. The first-order valence-electron chi connectivity index (χ1n) is 14.7. The van der Waals surface area contributed by atoms with Crippen LogP contribution in [0.15, 0.2) is 59.9 Å². The number of hydrogen-bond acceptors (Lipinski definition) is 4. The molecule has 2 aliphatic rings. The van der Waals surface area contributed by atoms with E-state index in [9.17, 15) is 14.4 Å². The Bertz CT molecular complexity index is 1210. The number of rotatable bonds is 8. The third-order valence-corrected chi connectivity index (χ3v) is 8.08. The Balaban J connectivity index is 1.52. The number of pyridine rings is 1. The van der Waals surface area contributed by atoms with Crippen molar-refractivity contribution >= 4 is 17.7 Å². The Kier molecular flexibility index (Phi) is 9.77. The minimum Gasteiger partial charge on any atom is -0.356 e. The van der Waals surface area contributed by atoms with E-state index in [1.54, 1.807) is 11.1 Å². The Morgan fingerprint density at radius 1 is 1.00 bits per heavy atom. The minimum atomic E-state index is -0.571. The maximum Gasteiger partial charge on any atom is 0.251 e. The highest BCUT2D eigenvalue weighted by atomic mass is 16.2. The second-order valence-electron chi connectivity index (χ2n) is 12.2. The van der Waals surface area contributed by atoms with Gasteiger partial charge in [-0.25, -0.2) is 0 Å². The number of nitrogens with one attached hydrogen (secondary N) is 1. The number of amides is 3. The first kappa shape index (κ1) is 29.5. The maximum atomic E-state index is 13.8. The van der Waals surface area contributed by atoms with Crippen LogP contribution in [-0.4, -0.2) is 52.1 Å². The fourth-order valence-electron chi connectivity index (χ4n) is 5.56. The van der Waals surface area contributed by atoms with E-state index in [2.05, 4.69) is 55.3 Å². The van der Waals surface area contributed by atoms with E-state index < -0.39 is 5.92 Å². The molecule has 1 unspecified atom stereocenters. The zero-order chi connectivity index (χ0) is 28.7. The highest BCUT2D eigenvalue weighted by Crippen LogP contribution is 2.33. The summed E-state index contributed by atoms with van der Waals surface area (Å²) in [6.07, 6.45) is 7.00. The van der Waals surface area contributed by atoms with Crippen molar-refractivity contribution in [3.63, 3.8) is 0 Å². The molecule has 1 N–H and O–H groups in total. The Labute approximate surface area is 239 Å². The topological polar surface area (TPSA) is 82.6 Å². The molecule has 1 saturated heterocycles. The predicted octanol–water partition coefficient (Wildman–Crippen LogP) is 5.15. The molecule has 0 bridgehead atoms. The third-order valence-electron chi connectivity index (χ3n) is 8.08. The number of hydrogen-bond donors (Lipinski definition) is 1. The number of carbonyl (C=O) groups excluding carboxylic acids is 3. The van der Waals surface area contributed by atoms with Crippen LogP contribution in [0, 0.1) is 5.92 Å². The summed E-state index contributed by atoms with van der Waals surface area (Å²) in [7, 11) is 0. The van der Waals surface area contributed by atoms with Gasteiger partial charge in [-0.2, -0.15) is 0 Å². The molecule has 1 aromatic heterocycles. The summed E-state index contributed by atoms with van der Waals surface area (Å²) in [5, 5.41) is 2.95. The van der Waals surface area contributed by atoms with Gasteiger partial charge in [0.1, 0.15) is 0 Å². The van der Waals surface area contributed by atoms with Crippen molar-refractivity contribution < 1.29 is 14.4 Å². The van der Waals surface area contributed by atoms with Crippen LogP contribution in [0.3, 0.4) is 0 Å². The number of likely N-dealkylation sites (tertiary alicyclic amines) is 1. The van der Waals surface area contributed by atoms with Crippen LogP contribution in [0.25, 0.3) is 0 Å². The van der Waals surface area contributed by atoms with Gasteiger partial charge in [0.25, 0.3) is 5.91 Å². The van der Waals surface area contributed by atoms with Crippen LogP contribution in [0.5, 0.6) is 0 Å². The molecule has 214 valence electrons. The van der Waals surface area contributed by atoms with Gasteiger partial charge in [0.2, 0.25) is 11.8 Å². The number of allylic oxidation sites excluding steroid dienone is 1. The van der Waals surface area contributed by atoms with Crippen LogP contribution in [0.2, 0.25) is 0 Å². The molecule has 3 heterocycles. The van der Waals surface area contributed by atoms with Crippen molar-refractivity contribution in [2.75, 3.05) is 19.6 Å². The summed E-state index contributed by atoms with van der Waals surface area (Å²) < 4.78 is 0. The van der Waals surface area contributed by atoms with Gasteiger partial charge < -0.3 is 15.1 Å². The van der Waals surface area contributed by atoms with E-state index in [-0.39, 0.29) is 29.6 Å². The lowest BCUT2D eigenvalue weighted by molar-refractivity contribution is -0.139. The summed E-state index contributed by atoms with van der Waals surface area (Å²) >= 11 is 0. The molecule has 2 aromatic rings. The molecule has 3 amide bonds. The third kappa shape index (κ3) is 7.58. The monoisotopic (exact) mass is 544 g/mol. The van der Waals surface area contributed by atoms with Crippen LogP contribution < -0.4 is 5.32 Å². The molecule has 7 nitrogen and oxygen atoms in total. The van der Waals surface area contributed by atoms with Crippen LogP contribution >= 0.6 is 0 Å². The lowest BCUT2D eigenvalue weighted by atomic mass is 9.86. The highest BCUT2D eigenvalue weighted by molar-refractivity contribution is 5.98. The van der Waals surface area contributed by atoms with Crippen LogP contribution in [0.1, 0.15) is 83.0 Å². The molecular weight excluding hydrogens is 500 g/mol. The molecule has 7 heteroatoms. The second kappa shape index (κ2) is 13.2. The Morgan fingerprint density at radius 3 is 2.33 bits per heavy atom. The largest absolute Gasteiger partial charge is 0.356 e. The molecular formula is C33H44N4O3. The van der Waals surface area contributed by atoms with Crippen molar-refractivity contribution in [2.45, 2.75) is 84.6 Å². The van der Waals surface area contributed by atoms with E-state index in [1.165, 1.54) is 5.56 Å². The van der Waals surface area contributed by atoms with Crippen molar-refractivity contribution in [1.82, 2.24) is 20.1 Å². The first-order chi connectivity index (χ1) is 19.1. The van der Waals surface area contributed by atoms with Gasteiger partial charge in [0, 0.05) is 55.6 Å². The maximum absolute atomic E-state index is 13.8. The van der Waals surface area contributed by atoms with E-state index in [4.69, 9.17) is 0 Å². The van der Waals surface area contributed by atoms with Crippen molar-refractivity contribution in [2.24, 2.45) is 5.92 Å². The van der Waals surface area contributed by atoms with Gasteiger partial charge in [0.05, 0.1) is 12.5 Å². The standard InChI is InChI=1S/C33H44N4O3/c1-24-29(32(40)36-19-9-5-6-10-20-36)21-26(22-30(38)35-18-16-28-11-7-8-17-34-28)31(39)37(24)23-25-12-14-27(15-13-25)33(2,3)4/h7-8,11-15,17,26H,5-6,9-10,16,18-23H2,1-4H3,(H,35,38).